The molecular formula is C22H32ClIN6. The number of halogens is 2. The van der Waals surface area contributed by atoms with Crippen LogP contribution in [0, 0.1) is 0 Å². The number of nitrogens with one attached hydrogen (secondary N) is 2. The van der Waals surface area contributed by atoms with Crippen molar-refractivity contribution in [3.63, 3.8) is 0 Å². The van der Waals surface area contributed by atoms with Gasteiger partial charge in [0.2, 0.25) is 0 Å². The number of guanidine groups is 1. The second-order valence-electron chi connectivity index (χ2n) is 7.46. The van der Waals surface area contributed by atoms with E-state index in [9.17, 15) is 0 Å². The minimum Gasteiger partial charge on any atom is -0.378 e. The summed E-state index contributed by atoms with van der Waals surface area (Å²) >= 11 is 6.30. The lowest BCUT2D eigenvalue weighted by Gasteiger charge is -2.20. The SMILES string of the molecule is CCNC(=NCCc1ccc(N(C)C)cc1)NC1CCN(c2ncccc2Cl)C1.I. The third-order valence-electron chi connectivity index (χ3n) is 5.04. The zero-order chi connectivity index (χ0) is 20.6. The minimum absolute atomic E-state index is 0. The van der Waals surface area contributed by atoms with Crippen LogP contribution in [0.4, 0.5) is 11.5 Å². The van der Waals surface area contributed by atoms with E-state index >= 15 is 0 Å². The molecule has 1 aromatic heterocycles. The average molecular weight is 543 g/mol. The fourth-order valence-corrected chi connectivity index (χ4v) is 3.69. The van der Waals surface area contributed by atoms with Gasteiger partial charge >= 0.3 is 0 Å². The maximum absolute atomic E-state index is 6.30. The molecule has 1 atom stereocenters. The molecule has 3 rings (SSSR count). The number of anilines is 2. The standard InChI is InChI=1S/C22H31ClN6.HI/c1-4-24-22(26-14-11-17-7-9-19(10-8-17)28(2)3)27-18-12-15-29(16-18)21-20(23)6-5-13-25-21;/h5-10,13,18H,4,11-12,14-16H2,1-3H3,(H2,24,26,27);1H. The van der Waals surface area contributed by atoms with Gasteiger partial charge in [0.15, 0.2) is 5.96 Å². The number of rotatable bonds is 7. The van der Waals surface area contributed by atoms with Crippen LogP contribution in [0.5, 0.6) is 0 Å². The first-order valence-electron chi connectivity index (χ1n) is 10.2. The van der Waals surface area contributed by atoms with E-state index < -0.39 is 0 Å². The Morgan fingerprint density at radius 2 is 2.03 bits per heavy atom. The average Bonchev–Trinajstić information content (AvgIpc) is 3.17. The van der Waals surface area contributed by atoms with Gasteiger partial charge in [-0.25, -0.2) is 4.98 Å². The van der Waals surface area contributed by atoms with Crippen molar-refractivity contribution < 1.29 is 0 Å². The predicted octanol–water partition coefficient (Wildman–Crippen LogP) is 3.80. The Morgan fingerprint density at radius 1 is 1.27 bits per heavy atom. The molecule has 1 aromatic carbocycles. The molecule has 0 radical (unpaired) electrons. The number of aromatic nitrogens is 1. The van der Waals surface area contributed by atoms with Crippen molar-refractivity contribution >= 4 is 53.0 Å². The molecule has 8 heteroatoms. The molecule has 1 unspecified atom stereocenters. The second kappa shape index (κ2) is 12.2. The monoisotopic (exact) mass is 542 g/mol. The van der Waals surface area contributed by atoms with Crippen LogP contribution in [0.1, 0.15) is 18.9 Å². The van der Waals surface area contributed by atoms with Crippen molar-refractivity contribution in [3.05, 3.63) is 53.2 Å². The first-order chi connectivity index (χ1) is 14.1. The molecule has 164 valence electrons. The summed E-state index contributed by atoms with van der Waals surface area (Å²) in [6, 6.07) is 12.7. The molecule has 30 heavy (non-hydrogen) atoms. The van der Waals surface area contributed by atoms with Crippen LogP contribution in [-0.4, -0.2) is 57.3 Å². The lowest BCUT2D eigenvalue weighted by atomic mass is 10.1. The lowest BCUT2D eigenvalue weighted by Crippen LogP contribution is -2.44. The van der Waals surface area contributed by atoms with Gasteiger partial charge in [0.1, 0.15) is 5.82 Å². The Balaban J connectivity index is 0.00000320. The van der Waals surface area contributed by atoms with Crippen molar-refractivity contribution in [1.82, 2.24) is 15.6 Å². The van der Waals surface area contributed by atoms with Crippen LogP contribution in [0.25, 0.3) is 0 Å². The van der Waals surface area contributed by atoms with Crippen molar-refractivity contribution in [2.45, 2.75) is 25.8 Å². The molecule has 0 saturated carbocycles. The van der Waals surface area contributed by atoms with Crippen LogP contribution in [0.3, 0.4) is 0 Å². The number of hydrogen-bond donors (Lipinski definition) is 2. The van der Waals surface area contributed by atoms with E-state index in [1.165, 1.54) is 11.3 Å². The third-order valence-corrected chi connectivity index (χ3v) is 5.33. The van der Waals surface area contributed by atoms with E-state index in [0.717, 1.165) is 50.8 Å². The maximum atomic E-state index is 6.30. The van der Waals surface area contributed by atoms with Gasteiger partial charge < -0.3 is 20.4 Å². The van der Waals surface area contributed by atoms with Crippen LogP contribution >= 0.6 is 35.6 Å². The Morgan fingerprint density at radius 3 is 2.70 bits per heavy atom. The van der Waals surface area contributed by atoms with E-state index in [0.29, 0.717) is 11.1 Å². The van der Waals surface area contributed by atoms with Crippen LogP contribution in [0.2, 0.25) is 5.02 Å². The molecule has 6 nitrogen and oxygen atoms in total. The fourth-order valence-electron chi connectivity index (χ4n) is 3.45. The number of aliphatic imine (C=N–C) groups is 1. The maximum Gasteiger partial charge on any atom is 0.191 e. The zero-order valence-electron chi connectivity index (χ0n) is 17.9. The molecule has 2 aromatic rings. The highest BCUT2D eigenvalue weighted by molar-refractivity contribution is 14.0. The van der Waals surface area contributed by atoms with Gasteiger partial charge in [0, 0.05) is 58.2 Å². The lowest BCUT2D eigenvalue weighted by molar-refractivity contribution is 0.648. The summed E-state index contributed by atoms with van der Waals surface area (Å²) < 4.78 is 0. The van der Waals surface area contributed by atoms with E-state index in [2.05, 4.69) is 70.7 Å². The Labute approximate surface area is 202 Å². The molecular weight excluding hydrogens is 511 g/mol. The fraction of sp³-hybridized carbons (Fsp3) is 0.455. The largest absolute Gasteiger partial charge is 0.378 e. The first kappa shape index (κ1) is 24.5. The van der Waals surface area contributed by atoms with Gasteiger partial charge in [-0.3, -0.25) is 4.99 Å². The number of nitrogens with zero attached hydrogens (tertiary/aromatic N) is 4. The summed E-state index contributed by atoms with van der Waals surface area (Å²) in [5.41, 5.74) is 2.51. The van der Waals surface area contributed by atoms with Crippen molar-refractivity contribution in [2.24, 2.45) is 4.99 Å². The van der Waals surface area contributed by atoms with Gasteiger partial charge in [-0.1, -0.05) is 23.7 Å². The van der Waals surface area contributed by atoms with Gasteiger partial charge in [0.05, 0.1) is 5.02 Å². The zero-order valence-corrected chi connectivity index (χ0v) is 21.0. The number of hydrogen-bond acceptors (Lipinski definition) is 4. The van der Waals surface area contributed by atoms with E-state index in [1.54, 1.807) is 6.20 Å². The molecule has 1 aliphatic heterocycles. The second-order valence-corrected chi connectivity index (χ2v) is 7.86. The molecule has 1 saturated heterocycles. The highest BCUT2D eigenvalue weighted by Gasteiger charge is 2.25. The van der Waals surface area contributed by atoms with E-state index in [1.807, 2.05) is 12.1 Å². The predicted molar refractivity (Wildman–Crippen MR) is 139 cm³/mol. The smallest absolute Gasteiger partial charge is 0.191 e. The molecule has 2 heterocycles. The topological polar surface area (TPSA) is 55.8 Å². The molecule has 1 fully saturated rings. The molecule has 0 amide bonds. The minimum atomic E-state index is 0. The van der Waals surface area contributed by atoms with Gasteiger partial charge in [0.25, 0.3) is 0 Å². The molecule has 0 bridgehead atoms. The van der Waals surface area contributed by atoms with Crippen LogP contribution in [-0.2, 0) is 6.42 Å². The van der Waals surface area contributed by atoms with Crippen LogP contribution in [0.15, 0.2) is 47.6 Å². The summed E-state index contributed by atoms with van der Waals surface area (Å²) in [4.78, 5) is 13.5. The summed E-state index contributed by atoms with van der Waals surface area (Å²) in [5, 5.41) is 7.63. The third kappa shape index (κ3) is 6.91. The number of benzene rings is 1. The molecule has 1 aliphatic rings. The summed E-state index contributed by atoms with van der Waals surface area (Å²) in [6.07, 6.45) is 3.74. The van der Waals surface area contributed by atoms with Crippen molar-refractivity contribution in [3.8, 4) is 0 Å². The van der Waals surface area contributed by atoms with E-state index in [-0.39, 0.29) is 24.0 Å². The van der Waals surface area contributed by atoms with Gasteiger partial charge in [-0.15, -0.1) is 24.0 Å². The Bertz CT molecular complexity index is 812. The quantitative estimate of drug-likeness (QED) is 0.317. The normalized spacial score (nSPS) is 16.2. The molecule has 2 N–H and O–H groups in total. The summed E-state index contributed by atoms with van der Waals surface area (Å²) in [5.74, 6) is 1.73. The van der Waals surface area contributed by atoms with Gasteiger partial charge in [-0.2, -0.15) is 0 Å². The van der Waals surface area contributed by atoms with Crippen molar-refractivity contribution in [1.29, 1.82) is 0 Å². The van der Waals surface area contributed by atoms with Gasteiger partial charge in [-0.05, 0) is 49.6 Å². The molecule has 0 spiro atoms. The first-order valence-corrected chi connectivity index (χ1v) is 10.6. The highest BCUT2D eigenvalue weighted by Crippen LogP contribution is 2.25. The molecule has 0 aliphatic carbocycles. The van der Waals surface area contributed by atoms with E-state index in [4.69, 9.17) is 16.6 Å². The Kier molecular flexibility index (Phi) is 9.97. The highest BCUT2D eigenvalue weighted by atomic mass is 127. The Hall–Kier alpha value is -1.74. The van der Waals surface area contributed by atoms with Crippen LogP contribution < -0.4 is 20.4 Å². The number of pyridine rings is 1. The van der Waals surface area contributed by atoms with Crippen molar-refractivity contribution in [2.75, 3.05) is 50.1 Å². The summed E-state index contributed by atoms with van der Waals surface area (Å²) in [7, 11) is 4.11. The summed E-state index contributed by atoms with van der Waals surface area (Å²) in [6.45, 7) is 5.48.